The summed E-state index contributed by atoms with van der Waals surface area (Å²) < 4.78 is 54.2. The molecule has 96 valence electrons. The summed E-state index contributed by atoms with van der Waals surface area (Å²) in [6.07, 6.45) is 0.887. The first kappa shape index (κ1) is 12.5. The molecule has 2 N–H and O–H groups in total. The van der Waals surface area contributed by atoms with E-state index in [2.05, 4.69) is 9.68 Å². The fourth-order valence-corrected chi connectivity index (χ4v) is 2.02. The van der Waals surface area contributed by atoms with E-state index in [1.165, 1.54) is 6.07 Å². The summed E-state index contributed by atoms with van der Waals surface area (Å²) in [6, 6.07) is 2.74. The van der Waals surface area contributed by atoms with E-state index in [0.29, 0.717) is 6.07 Å². The van der Waals surface area contributed by atoms with Gasteiger partial charge in [-0.1, -0.05) is 5.16 Å². The molecule has 2 aromatic rings. The highest BCUT2D eigenvalue weighted by atomic mass is 32.2. The third-order valence-corrected chi connectivity index (χ3v) is 3.32. The maximum absolute atomic E-state index is 13.6. The Bertz CT molecular complexity index is 710. The van der Waals surface area contributed by atoms with Gasteiger partial charge in [0, 0.05) is 12.3 Å². The monoisotopic (exact) mass is 274 g/mol. The Morgan fingerprint density at radius 1 is 1.28 bits per heavy atom. The zero-order valence-corrected chi connectivity index (χ0v) is 9.96. The molecule has 0 amide bonds. The average Bonchev–Trinajstić information content (AvgIpc) is 2.67. The lowest BCUT2D eigenvalue weighted by atomic mass is 10.1. The molecule has 0 unspecified atom stereocenters. The highest BCUT2D eigenvalue weighted by molar-refractivity contribution is 7.90. The Morgan fingerprint density at radius 3 is 2.44 bits per heavy atom. The summed E-state index contributed by atoms with van der Waals surface area (Å²) in [5.41, 5.74) is 4.94. The lowest BCUT2D eigenvalue weighted by Gasteiger charge is -2.04. The first-order chi connectivity index (χ1) is 8.29. The highest BCUT2D eigenvalue weighted by Gasteiger charge is 2.19. The number of halogens is 2. The molecule has 0 aliphatic heterocycles. The summed E-state index contributed by atoms with van der Waals surface area (Å²) in [4.78, 5) is -0.355. The Morgan fingerprint density at radius 2 is 1.94 bits per heavy atom. The van der Waals surface area contributed by atoms with E-state index in [-0.39, 0.29) is 22.0 Å². The minimum absolute atomic E-state index is 0.0189. The summed E-state index contributed by atoms with van der Waals surface area (Å²) in [7, 11) is -3.67. The molecule has 8 heteroatoms. The summed E-state index contributed by atoms with van der Waals surface area (Å²) in [6.45, 7) is 0. The predicted molar refractivity (Wildman–Crippen MR) is 59.4 cm³/mol. The standard InChI is InChI=1S/C10H8F2N2O3S/c1-18(15,16)5-2-6(10(12)7(11)3-5)8-4-9(13)14-17-8/h2-4H,1H3,(H2,13,14). The van der Waals surface area contributed by atoms with Gasteiger partial charge in [0.25, 0.3) is 0 Å². The van der Waals surface area contributed by atoms with Gasteiger partial charge in [-0.25, -0.2) is 17.2 Å². The Hall–Kier alpha value is -1.96. The second-order valence-electron chi connectivity index (χ2n) is 3.65. The zero-order valence-electron chi connectivity index (χ0n) is 9.15. The third kappa shape index (κ3) is 2.19. The van der Waals surface area contributed by atoms with Crippen LogP contribution in [0, 0.1) is 11.6 Å². The van der Waals surface area contributed by atoms with Crippen molar-refractivity contribution in [1.29, 1.82) is 0 Å². The molecule has 0 radical (unpaired) electrons. The minimum atomic E-state index is -3.67. The van der Waals surface area contributed by atoms with Crippen LogP contribution in [0.5, 0.6) is 0 Å². The maximum Gasteiger partial charge on any atom is 0.175 e. The molecule has 0 aliphatic rings. The number of aromatic nitrogens is 1. The summed E-state index contributed by atoms with van der Waals surface area (Å²) in [5, 5.41) is 3.32. The first-order valence-electron chi connectivity index (χ1n) is 4.70. The highest BCUT2D eigenvalue weighted by Crippen LogP contribution is 2.28. The van der Waals surface area contributed by atoms with Crippen molar-refractivity contribution in [2.45, 2.75) is 4.90 Å². The maximum atomic E-state index is 13.6. The van der Waals surface area contributed by atoms with Crippen molar-refractivity contribution in [3.8, 4) is 11.3 Å². The Balaban J connectivity index is 2.71. The number of benzene rings is 1. The van der Waals surface area contributed by atoms with Crippen LogP contribution in [0.3, 0.4) is 0 Å². The van der Waals surface area contributed by atoms with Crippen LogP contribution in [-0.2, 0) is 9.84 Å². The number of anilines is 1. The molecule has 0 saturated heterocycles. The van der Waals surface area contributed by atoms with Crippen molar-refractivity contribution in [1.82, 2.24) is 5.16 Å². The van der Waals surface area contributed by atoms with Crippen LogP contribution in [0.1, 0.15) is 0 Å². The van der Waals surface area contributed by atoms with E-state index in [9.17, 15) is 17.2 Å². The van der Waals surface area contributed by atoms with Gasteiger partial charge in [0.2, 0.25) is 0 Å². The van der Waals surface area contributed by atoms with Crippen LogP contribution in [0.4, 0.5) is 14.6 Å². The minimum Gasteiger partial charge on any atom is -0.381 e. The van der Waals surface area contributed by atoms with Crippen LogP contribution < -0.4 is 5.73 Å². The predicted octanol–water partition coefficient (Wildman–Crippen LogP) is 1.61. The van der Waals surface area contributed by atoms with Crippen molar-refractivity contribution in [2.75, 3.05) is 12.0 Å². The van der Waals surface area contributed by atoms with Gasteiger partial charge in [0.05, 0.1) is 10.5 Å². The van der Waals surface area contributed by atoms with Crippen LogP contribution in [0.2, 0.25) is 0 Å². The molecule has 0 spiro atoms. The quantitative estimate of drug-likeness (QED) is 0.841. The van der Waals surface area contributed by atoms with E-state index in [4.69, 9.17) is 5.73 Å². The molecular formula is C10H8F2N2O3S. The fraction of sp³-hybridized carbons (Fsp3) is 0.100. The van der Waals surface area contributed by atoms with Gasteiger partial charge in [-0.3, -0.25) is 0 Å². The smallest absolute Gasteiger partial charge is 0.175 e. The van der Waals surface area contributed by atoms with Crippen molar-refractivity contribution in [3.05, 3.63) is 29.8 Å². The van der Waals surface area contributed by atoms with Crippen LogP contribution in [-0.4, -0.2) is 19.8 Å². The van der Waals surface area contributed by atoms with Crippen molar-refractivity contribution in [3.63, 3.8) is 0 Å². The largest absolute Gasteiger partial charge is 0.381 e. The molecule has 1 aromatic carbocycles. The number of nitrogens with zero attached hydrogens (tertiary/aromatic N) is 1. The number of hydrogen-bond acceptors (Lipinski definition) is 5. The molecule has 0 bridgehead atoms. The van der Waals surface area contributed by atoms with E-state index < -0.39 is 21.5 Å². The normalized spacial score (nSPS) is 11.7. The van der Waals surface area contributed by atoms with Crippen LogP contribution in [0.15, 0.2) is 27.6 Å². The molecule has 5 nitrogen and oxygen atoms in total. The van der Waals surface area contributed by atoms with Gasteiger partial charge in [-0.05, 0) is 12.1 Å². The van der Waals surface area contributed by atoms with Crippen molar-refractivity contribution >= 4 is 15.7 Å². The molecule has 2 rings (SSSR count). The molecule has 1 heterocycles. The number of sulfone groups is 1. The van der Waals surface area contributed by atoms with Crippen molar-refractivity contribution in [2.24, 2.45) is 0 Å². The average molecular weight is 274 g/mol. The molecule has 0 fully saturated rings. The molecular weight excluding hydrogens is 266 g/mol. The Kier molecular flexibility index (Phi) is 2.81. The van der Waals surface area contributed by atoms with Gasteiger partial charge < -0.3 is 10.3 Å². The topological polar surface area (TPSA) is 86.2 Å². The summed E-state index contributed by atoms with van der Waals surface area (Å²) in [5.74, 6) is -2.68. The molecule has 1 aromatic heterocycles. The number of nitrogen functional groups attached to an aromatic ring is 1. The number of hydrogen-bond donors (Lipinski definition) is 1. The third-order valence-electron chi connectivity index (χ3n) is 2.22. The fourth-order valence-electron chi connectivity index (χ4n) is 1.37. The van der Waals surface area contributed by atoms with Gasteiger partial charge >= 0.3 is 0 Å². The van der Waals surface area contributed by atoms with E-state index >= 15 is 0 Å². The van der Waals surface area contributed by atoms with Gasteiger partial charge in [-0.15, -0.1) is 0 Å². The SMILES string of the molecule is CS(=O)(=O)c1cc(F)c(F)c(-c2cc(N)no2)c1. The second kappa shape index (κ2) is 4.05. The lowest BCUT2D eigenvalue weighted by molar-refractivity contribution is 0.430. The number of rotatable bonds is 2. The van der Waals surface area contributed by atoms with Crippen LogP contribution >= 0.6 is 0 Å². The first-order valence-corrected chi connectivity index (χ1v) is 6.60. The van der Waals surface area contributed by atoms with E-state index in [0.717, 1.165) is 12.3 Å². The molecule has 0 atom stereocenters. The van der Waals surface area contributed by atoms with E-state index in [1.54, 1.807) is 0 Å². The van der Waals surface area contributed by atoms with Gasteiger partial charge in [0.15, 0.2) is 33.0 Å². The lowest BCUT2D eigenvalue weighted by Crippen LogP contribution is -2.00. The molecule has 0 saturated carbocycles. The van der Waals surface area contributed by atoms with E-state index in [1.807, 2.05) is 0 Å². The van der Waals surface area contributed by atoms with Gasteiger partial charge in [-0.2, -0.15) is 0 Å². The Labute approximate surface area is 101 Å². The van der Waals surface area contributed by atoms with Crippen molar-refractivity contribution < 1.29 is 21.7 Å². The molecule has 18 heavy (non-hydrogen) atoms. The summed E-state index contributed by atoms with van der Waals surface area (Å²) >= 11 is 0. The van der Waals surface area contributed by atoms with Gasteiger partial charge in [0.1, 0.15) is 0 Å². The van der Waals surface area contributed by atoms with Crippen LogP contribution in [0.25, 0.3) is 11.3 Å². The second-order valence-corrected chi connectivity index (χ2v) is 5.67. The molecule has 0 aliphatic carbocycles. The zero-order chi connectivity index (χ0) is 13.5. The number of nitrogens with two attached hydrogens (primary N) is 1.